The van der Waals surface area contributed by atoms with Crippen molar-refractivity contribution in [2.75, 3.05) is 40.0 Å². The molecule has 1 atom stereocenters. The Morgan fingerprint density at radius 1 is 1.43 bits per heavy atom. The van der Waals surface area contributed by atoms with E-state index in [1.54, 1.807) is 7.11 Å². The first-order valence-corrected chi connectivity index (χ1v) is 8.63. The number of thioether (sulfide) groups is 1. The molecule has 6 heteroatoms. The summed E-state index contributed by atoms with van der Waals surface area (Å²) in [5, 5.41) is 8.69. The predicted molar refractivity (Wildman–Crippen MR) is 91.3 cm³/mol. The van der Waals surface area contributed by atoms with Gasteiger partial charge in [0.05, 0.1) is 31.6 Å². The number of rotatable bonds is 10. The molecule has 1 rings (SSSR count). The zero-order chi connectivity index (χ0) is 15.8. The van der Waals surface area contributed by atoms with Gasteiger partial charge in [-0.2, -0.15) is 16.9 Å². The lowest BCUT2D eigenvalue weighted by Gasteiger charge is -2.22. The number of nitrogens with zero attached hydrogens (tertiary/aromatic N) is 3. The third kappa shape index (κ3) is 5.88. The van der Waals surface area contributed by atoms with E-state index < -0.39 is 0 Å². The first-order chi connectivity index (χ1) is 9.99. The minimum absolute atomic E-state index is 0.266. The van der Waals surface area contributed by atoms with Crippen molar-refractivity contribution in [3.63, 3.8) is 0 Å². The molecule has 0 fully saturated rings. The van der Waals surface area contributed by atoms with E-state index in [0.717, 1.165) is 36.8 Å². The second-order valence-corrected chi connectivity index (χ2v) is 7.23. The highest BCUT2D eigenvalue weighted by Gasteiger charge is 2.21. The van der Waals surface area contributed by atoms with Crippen LogP contribution in [0.2, 0.25) is 0 Å². The van der Waals surface area contributed by atoms with Gasteiger partial charge in [-0.05, 0) is 25.9 Å². The molecule has 21 heavy (non-hydrogen) atoms. The van der Waals surface area contributed by atoms with Crippen molar-refractivity contribution in [3.8, 4) is 5.75 Å². The maximum atomic E-state index is 5.52. The number of likely N-dealkylation sites (N-methyl/N-ethyl adjacent to an activating group) is 1. The summed E-state index contributed by atoms with van der Waals surface area (Å²) >= 11 is 1.96. The summed E-state index contributed by atoms with van der Waals surface area (Å²) in [5.74, 6) is 1.90. The zero-order valence-corrected chi connectivity index (χ0v) is 15.0. The molecule has 0 aliphatic rings. The number of methoxy groups -OCH3 is 1. The molecule has 0 radical (unpaired) electrons. The third-order valence-corrected chi connectivity index (χ3v) is 4.39. The van der Waals surface area contributed by atoms with Gasteiger partial charge in [0.25, 0.3) is 0 Å². The summed E-state index contributed by atoms with van der Waals surface area (Å²) in [5.41, 5.74) is 1.16. The molecule has 0 aromatic carbocycles. The SMILES string of the molecule is CCNC(CSC(C)C)c1c(OC)cnn1CCN(C)C. The van der Waals surface area contributed by atoms with Gasteiger partial charge < -0.3 is 15.0 Å². The molecule has 1 heterocycles. The second-order valence-electron chi connectivity index (χ2n) is 5.62. The molecule has 1 aromatic rings. The fourth-order valence-electron chi connectivity index (χ4n) is 2.13. The normalized spacial score (nSPS) is 13.1. The van der Waals surface area contributed by atoms with Gasteiger partial charge in [0, 0.05) is 12.3 Å². The Balaban J connectivity index is 2.93. The van der Waals surface area contributed by atoms with Gasteiger partial charge in [-0.3, -0.25) is 4.68 Å². The van der Waals surface area contributed by atoms with Gasteiger partial charge in [0.2, 0.25) is 0 Å². The largest absolute Gasteiger partial charge is 0.493 e. The average molecular weight is 314 g/mol. The van der Waals surface area contributed by atoms with E-state index in [9.17, 15) is 0 Å². The molecule has 0 saturated carbocycles. The van der Waals surface area contributed by atoms with Crippen molar-refractivity contribution >= 4 is 11.8 Å². The van der Waals surface area contributed by atoms with E-state index in [0.29, 0.717) is 5.25 Å². The van der Waals surface area contributed by atoms with E-state index >= 15 is 0 Å². The Morgan fingerprint density at radius 2 is 2.14 bits per heavy atom. The lowest BCUT2D eigenvalue weighted by atomic mass is 10.2. The van der Waals surface area contributed by atoms with Crippen molar-refractivity contribution in [2.45, 2.75) is 38.6 Å². The van der Waals surface area contributed by atoms with Gasteiger partial charge >= 0.3 is 0 Å². The van der Waals surface area contributed by atoms with E-state index in [2.05, 4.69) is 54.9 Å². The molecule has 122 valence electrons. The minimum atomic E-state index is 0.266. The van der Waals surface area contributed by atoms with Crippen molar-refractivity contribution in [1.82, 2.24) is 20.0 Å². The van der Waals surface area contributed by atoms with E-state index in [1.807, 2.05) is 18.0 Å². The van der Waals surface area contributed by atoms with Gasteiger partial charge in [0.15, 0.2) is 5.75 Å². The van der Waals surface area contributed by atoms with Crippen LogP contribution in [0.25, 0.3) is 0 Å². The minimum Gasteiger partial charge on any atom is -0.493 e. The van der Waals surface area contributed by atoms with Gasteiger partial charge in [0.1, 0.15) is 0 Å². The van der Waals surface area contributed by atoms with Crippen LogP contribution in [0.15, 0.2) is 6.20 Å². The molecule has 0 amide bonds. The fraction of sp³-hybridized carbons (Fsp3) is 0.800. The number of hydrogen-bond donors (Lipinski definition) is 1. The lowest BCUT2D eigenvalue weighted by Crippen LogP contribution is -2.28. The van der Waals surface area contributed by atoms with Crippen molar-refractivity contribution in [3.05, 3.63) is 11.9 Å². The molecular formula is C15H30N4OS. The second kappa shape index (κ2) is 9.33. The van der Waals surface area contributed by atoms with Crippen LogP contribution in [0.4, 0.5) is 0 Å². The Hall–Kier alpha value is -0.720. The number of nitrogens with one attached hydrogen (secondary N) is 1. The molecule has 0 spiro atoms. The number of aromatic nitrogens is 2. The Labute approximate surface area is 133 Å². The first kappa shape index (κ1) is 18.3. The maximum Gasteiger partial charge on any atom is 0.161 e. The van der Waals surface area contributed by atoms with Crippen LogP contribution in [-0.4, -0.2) is 60.0 Å². The summed E-state index contributed by atoms with van der Waals surface area (Å²) < 4.78 is 7.60. The van der Waals surface area contributed by atoms with Crippen LogP contribution >= 0.6 is 11.8 Å². The monoisotopic (exact) mass is 314 g/mol. The highest BCUT2D eigenvalue weighted by atomic mass is 32.2. The van der Waals surface area contributed by atoms with Crippen molar-refractivity contribution < 1.29 is 4.74 Å². The topological polar surface area (TPSA) is 42.3 Å². The summed E-state index contributed by atoms with van der Waals surface area (Å²) in [4.78, 5) is 2.17. The summed E-state index contributed by atoms with van der Waals surface area (Å²) in [6, 6.07) is 0.266. The Bertz CT molecular complexity index is 406. The van der Waals surface area contributed by atoms with E-state index in [-0.39, 0.29) is 6.04 Å². The average Bonchev–Trinajstić information content (AvgIpc) is 2.83. The Morgan fingerprint density at radius 3 is 2.67 bits per heavy atom. The Kier molecular flexibility index (Phi) is 8.14. The standard InChI is InChI=1S/C15H30N4OS/c1-7-16-13(11-21-12(2)3)15-14(20-6)10-17-19(15)9-8-18(4)5/h10,12-13,16H,7-9,11H2,1-6H3. The van der Waals surface area contributed by atoms with Crippen molar-refractivity contribution in [1.29, 1.82) is 0 Å². The molecule has 0 bridgehead atoms. The van der Waals surface area contributed by atoms with Crippen LogP contribution in [0.5, 0.6) is 5.75 Å². The quantitative estimate of drug-likeness (QED) is 0.717. The van der Waals surface area contributed by atoms with Gasteiger partial charge in [-0.15, -0.1) is 0 Å². The molecule has 1 aromatic heterocycles. The third-order valence-electron chi connectivity index (χ3n) is 3.20. The van der Waals surface area contributed by atoms with Crippen LogP contribution in [0.1, 0.15) is 32.5 Å². The van der Waals surface area contributed by atoms with Crippen LogP contribution < -0.4 is 10.1 Å². The molecular weight excluding hydrogens is 284 g/mol. The zero-order valence-electron chi connectivity index (χ0n) is 14.2. The molecule has 0 aliphatic carbocycles. The maximum absolute atomic E-state index is 5.52. The van der Waals surface area contributed by atoms with E-state index in [1.165, 1.54) is 0 Å². The number of ether oxygens (including phenoxy) is 1. The molecule has 1 N–H and O–H groups in total. The van der Waals surface area contributed by atoms with Gasteiger partial charge in [-0.25, -0.2) is 0 Å². The van der Waals surface area contributed by atoms with Crippen LogP contribution in [0, 0.1) is 0 Å². The van der Waals surface area contributed by atoms with E-state index in [4.69, 9.17) is 4.74 Å². The molecule has 1 unspecified atom stereocenters. The van der Waals surface area contributed by atoms with Crippen molar-refractivity contribution in [2.24, 2.45) is 0 Å². The predicted octanol–water partition coefficient (Wildman–Crippen LogP) is 2.25. The van der Waals surface area contributed by atoms with Crippen LogP contribution in [-0.2, 0) is 6.54 Å². The molecule has 0 aliphatic heterocycles. The smallest absolute Gasteiger partial charge is 0.161 e. The van der Waals surface area contributed by atoms with Crippen LogP contribution in [0.3, 0.4) is 0 Å². The molecule has 5 nitrogen and oxygen atoms in total. The first-order valence-electron chi connectivity index (χ1n) is 7.59. The summed E-state index contributed by atoms with van der Waals surface area (Å²) in [6.45, 7) is 9.38. The highest BCUT2D eigenvalue weighted by molar-refractivity contribution is 7.99. The number of hydrogen-bond acceptors (Lipinski definition) is 5. The van der Waals surface area contributed by atoms with Gasteiger partial charge in [-0.1, -0.05) is 20.8 Å². The fourth-order valence-corrected chi connectivity index (χ4v) is 2.98. The summed E-state index contributed by atoms with van der Waals surface area (Å²) in [6.07, 6.45) is 1.83. The molecule has 0 saturated heterocycles. The summed E-state index contributed by atoms with van der Waals surface area (Å²) in [7, 11) is 5.88. The highest BCUT2D eigenvalue weighted by Crippen LogP contribution is 2.28. The lowest BCUT2D eigenvalue weighted by molar-refractivity contribution is 0.358.